The molecule has 3 N–H and O–H groups in total. The molecule has 2 aromatic rings. The van der Waals surface area contributed by atoms with Gasteiger partial charge in [0.25, 0.3) is 0 Å². The Hall–Kier alpha value is -2.07. The van der Waals surface area contributed by atoms with Gasteiger partial charge in [-0.3, -0.25) is 9.79 Å². The number of rotatable bonds is 11. The number of guanidine groups is 1. The lowest BCUT2D eigenvalue weighted by Gasteiger charge is -2.12. The van der Waals surface area contributed by atoms with Crippen molar-refractivity contribution in [2.24, 2.45) is 4.99 Å². The molecule has 0 aliphatic carbocycles. The van der Waals surface area contributed by atoms with Crippen molar-refractivity contribution in [3.8, 4) is 0 Å². The predicted molar refractivity (Wildman–Crippen MR) is 121 cm³/mol. The van der Waals surface area contributed by atoms with E-state index in [2.05, 4.69) is 20.9 Å². The van der Waals surface area contributed by atoms with Crippen molar-refractivity contribution in [3.05, 3.63) is 60.1 Å². The van der Waals surface area contributed by atoms with E-state index in [1.165, 1.54) is 0 Å². The van der Waals surface area contributed by atoms with Gasteiger partial charge < -0.3 is 25.1 Å². The van der Waals surface area contributed by atoms with Crippen LogP contribution < -0.4 is 16.0 Å². The van der Waals surface area contributed by atoms with Gasteiger partial charge in [-0.15, -0.1) is 24.0 Å². The summed E-state index contributed by atoms with van der Waals surface area (Å²) in [5.41, 5.74) is 1.09. The second-order valence-corrected chi connectivity index (χ2v) is 5.92. The molecule has 0 unspecified atom stereocenters. The Morgan fingerprint density at radius 2 is 1.86 bits per heavy atom. The van der Waals surface area contributed by atoms with Crippen LogP contribution in [0, 0.1) is 0 Å². The second kappa shape index (κ2) is 14.9. The summed E-state index contributed by atoms with van der Waals surface area (Å²) in [5.74, 6) is 1.51. The topological polar surface area (TPSA) is 87.9 Å². The third-order valence-electron chi connectivity index (χ3n) is 3.78. The van der Waals surface area contributed by atoms with E-state index < -0.39 is 0 Å². The lowest BCUT2D eigenvalue weighted by atomic mass is 10.2. The number of hydrogen-bond donors (Lipinski definition) is 3. The van der Waals surface area contributed by atoms with E-state index in [1.807, 2.05) is 42.5 Å². The summed E-state index contributed by atoms with van der Waals surface area (Å²) in [6.07, 6.45) is 2.87. The summed E-state index contributed by atoms with van der Waals surface area (Å²) < 4.78 is 10.7. The first-order valence-electron chi connectivity index (χ1n) is 9.13. The Kier molecular flexibility index (Phi) is 12.8. The van der Waals surface area contributed by atoms with Crippen LogP contribution in [0.2, 0.25) is 0 Å². The minimum absolute atomic E-state index is 0. The molecular formula is C20H29IN4O3. The van der Waals surface area contributed by atoms with Crippen molar-refractivity contribution in [2.75, 3.05) is 26.7 Å². The van der Waals surface area contributed by atoms with Gasteiger partial charge in [-0.05, 0) is 24.1 Å². The van der Waals surface area contributed by atoms with Crippen LogP contribution in [0.5, 0.6) is 0 Å². The summed E-state index contributed by atoms with van der Waals surface area (Å²) in [4.78, 5) is 16.0. The molecule has 0 radical (unpaired) electrons. The molecule has 1 amide bonds. The molecule has 28 heavy (non-hydrogen) atoms. The number of benzene rings is 1. The van der Waals surface area contributed by atoms with E-state index in [-0.39, 0.29) is 29.9 Å². The third kappa shape index (κ3) is 10.3. The summed E-state index contributed by atoms with van der Waals surface area (Å²) >= 11 is 0. The number of nitrogens with one attached hydrogen (secondary N) is 3. The van der Waals surface area contributed by atoms with Crippen LogP contribution in [0.3, 0.4) is 0 Å². The van der Waals surface area contributed by atoms with E-state index in [0.29, 0.717) is 38.7 Å². The molecule has 0 spiro atoms. The van der Waals surface area contributed by atoms with Gasteiger partial charge in [-0.2, -0.15) is 0 Å². The van der Waals surface area contributed by atoms with Crippen LogP contribution in [0.15, 0.2) is 58.1 Å². The van der Waals surface area contributed by atoms with Crippen LogP contribution in [0.1, 0.15) is 24.2 Å². The second-order valence-electron chi connectivity index (χ2n) is 5.92. The van der Waals surface area contributed by atoms with Gasteiger partial charge in [0, 0.05) is 39.7 Å². The van der Waals surface area contributed by atoms with Crippen molar-refractivity contribution >= 4 is 35.8 Å². The summed E-state index contributed by atoms with van der Waals surface area (Å²) in [7, 11) is 1.71. The fourth-order valence-corrected chi connectivity index (χ4v) is 2.35. The van der Waals surface area contributed by atoms with Gasteiger partial charge in [0.2, 0.25) is 5.91 Å². The number of furan rings is 1. The van der Waals surface area contributed by atoms with Crippen LogP contribution in [0.25, 0.3) is 0 Å². The molecule has 0 saturated heterocycles. The fraction of sp³-hybridized carbons (Fsp3) is 0.400. The maximum absolute atomic E-state index is 11.9. The Morgan fingerprint density at radius 3 is 2.57 bits per heavy atom. The molecule has 1 heterocycles. The molecule has 1 aromatic carbocycles. The van der Waals surface area contributed by atoms with Gasteiger partial charge in [0.05, 0.1) is 6.26 Å². The quantitative estimate of drug-likeness (QED) is 0.191. The molecule has 0 aliphatic heterocycles. The molecule has 0 bridgehead atoms. The summed E-state index contributed by atoms with van der Waals surface area (Å²) in [6, 6.07) is 13.6. The number of amides is 1. The van der Waals surface area contributed by atoms with E-state index in [9.17, 15) is 4.79 Å². The predicted octanol–water partition coefficient (Wildman–Crippen LogP) is 2.68. The molecule has 0 saturated carbocycles. The van der Waals surface area contributed by atoms with Gasteiger partial charge in [-0.1, -0.05) is 30.3 Å². The van der Waals surface area contributed by atoms with Crippen molar-refractivity contribution in [3.63, 3.8) is 0 Å². The van der Waals surface area contributed by atoms with Crippen molar-refractivity contribution in [1.82, 2.24) is 16.0 Å². The van der Waals surface area contributed by atoms with E-state index in [4.69, 9.17) is 9.15 Å². The first-order valence-corrected chi connectivity index (χ1v) is 9.13. The largest absolute Gasteiger partial charge is 0.467 e. The first-order chi connectivity index (χ1) is 13.3. The molecule has 1 aromatic heterocycles. The van der Waals surface area contributed by atoms with Crippen molar-refractivity contribution in [1.29, 1.82) is 0 Å². The molecule has 0 atom stereocenters. The number of carbonyl (C=O) groups is 1. The first kappa shape index (κ1) is 24.0. The molecule has 0 fully saturated rings. The van der Waals surface area contributed by atoms with Crippen molar-refractivity contribution < 1.29 is 13.9 Å². The zero-order chi connectivity index (χ0) is 19.2. The lowest BCUT2D eigenvalue weighted by Crippen LogP contribution is -2.39. The summed E-state index contributed by atoms with van der Waals surface area (Å²) in [6.45, 7) is 2.92. The van der Waals surface area contributed by atoms with Gasteiger partial charge in [-0.25, -0.2) is 0 Å². The van der Waals surface area contributed by atoms with Gasteiger partial charge in [0.1, 0.15) is 12.4 Å². The van der Waals surface area contributed by atoms with E-state index in [1.54, 1.807) is 13.3 Å². The zero-order valence-corrected chi connectivity index (χ0v) is 18.5. The molecule has 7 nitrogen and oxygen atoms in total. The monoisotopic (exact) mass is 500 g/mol. The Bertz CT molecular complexity index is 678. The van der Waals surface area contributed by atoms with Crippen LogP contribution in [0.4, 0.5) is 0 Å². The number of carbonyl (C=O) groups excluding carboxylic acids is 1. The molecule has 8 heteroatoms. The highest BCUT2D eigenvalue weighted by Crippen LogP contribution is 2.01. The minimum atomic E-state index is 0. The number of ether oxygens (including phenoxy) is 1. The molecule has 0 aliphatic rings. The van der Waals surface area contributed by atoms with Crippen LogP contribution in [-0.2, 0) is 22.7 Å². The SMILES string of the molecule is CN=C(NCCCOCc1ccco1)NCCC(=O)NCc1ccccc1.I. The number of nitrogens with zero attached hydrogens (tertiary/aromatic N) is 1. The highest BCUT2D eigenvalue weighted by atomic mass is 127. The highest BCUT2D eigenvalue weighted by Gasteiger charge is 2.03. The number of aliphatic imine (C=N–C) groups is 1. The standard InChI is InChI=1S/C20H28N4O3.HI/c1-21-20(22-11-6-13-26-16-18-9-5-14-27-18)23-12-10-19(25)24-15-17-7-3-2-4-8-17;/h2-5,7-9,14H,6,10-13,15-16H2,1H3,(H,24,25)(H2,21,22,23);1H. The van der Waals surface area contributed by atoms with E-state index in [0.717, 1.165) is 24.3 Å². The average Bonchev–Trinajstić information content (AvgIpc) is 3.22. The van der Waals surface area contributed by atoms with Crippen molar-refractivity contribution in [2.45, 2.75) is 26.0 Å². The maximum Gasteiger partial charge on any atom is 0.222 e. The number of hydrogen-bond acceptors (Lipinski definition) is 4. The zero-order valence-electron chi connectivity index (χ0n) is 16.1. The van der Waals surface area contributed by atoms with Crippen LogP contribution >= 0.6 is 24.0 Å². The van der Waals surface area contributed by atoms with Gasteiger partial charge >= 0.3 is 0 Å². The maximum atomic E-state index is 11.9. The van der Waals surface area contributed by atoms with E-state index >= 15 is 0 Å². The highest BCUT2D eigenvalue weighted by molar-refractivity contribution is 14.0. The summed E-state index contributed by atoms with van der Waals surface area (Å²) in [5, 5.41) is 9.24. The average molecular weight is 500 g/mol. The third-order valence-corrected chi connectivity index (χ3v) is 3.78. The fourth-order valence-electron chi connectivity index (χ4n) is 2.35. The molecule has 2 rings (SSSR count). The Balaban J connectivity index is 0.00000392. The van der Waals surface area contributed by atoms with Crippen LogP contribution in [-0.4, -0.2) is 38.6 Å². The smallest absolute Gasteiger partial charge is 0.222 e. The molecular weight excluding hydrogens is 471 g/mol. The Labute approximate surface area is 183 Å². The minimum Gasteiger partial charge on any atom is -0.467 e. The molecule has 154 valence electrons. The van der Waals surface area contributed by atoms with Gasteiger partial charge in [0.15, 0.2) is 5.96 Å². The Morgan fingerprint density at radius 1 is 1.07 bits per heavy atom. The normalized spacial score (nSPS) is 10.8. The lowest BCUT2D eigenvalue weighted by molar-refractivity contribution is -0.121. The number of halogens is 1.